The number of carboxylic acid groups (broad SMARTS) is 1. The maximum atomic E-state index is 12.2. The quantitative estimate of drug-likeness (QED) is 0.577. The lowest BCUT2D eigenvalue weighted by atomic mass is 9.89. The maximum absolute atomic E-state index is 12.2. The molecule has 0 radical (unpaired) electrons. The van der Waals surface area contributed by atoms with Crippen molar-refractivity contribution in [1.82, 2.24) is 9.88 Å². The molecule has 9 heteroatoms. The van der Waals surface area contributed by atoms with Crippen molar-refractivity contribution in [2.45, 2.75) is 23.1 Å². The van der Waals surface area contributed by atoms with Crippen molar-refractivity contribution in [2.24, 2.45) is 5.92 Å². The lowest BCUT2D eigenvalue weighted by Crippen LogP contribution is -2.60. The van der Waals surface area contributed by atoms with Gasteiger partial charge < -0.3 is 19.8 Å². The molecule has 0 aliphatic carbocycles. The fourth-order valence-corrected chi connectivity index (χ4v) is 4.98. The summed E-state index contributed by atoms with van der Waals surface area (Å²) in [4.78, 5) is 41.6. The molecule has 0 spiro atoms. The van der Waals surface area contributed by atoms with E-state index in [1.807, 2.05) is 0 Å². The zero-order valence-corrected chi connectivity index (χ0v) is 13.8. The molecule has 2 saturated heterocycles. The van der Waals surface area contributed by atoms with E-state index in [9.17, 15) is 24.6 Å². The number of carboxylic acids is 1. The molecular formula is C15H16N2O6S. The fourth-order valence-electron chi connectivity index (χ4n) is 3.17. The van der Waals surface area contributed by atoms with E-state index in [-0.39, 0.29) is 23.6 Å². The van der Waals surface area contributed by atoms with Gasteiger partial charge in [-0.1, -0.05) is 0 Å². The molecule has 2 aliphatic rings. The number of hydrogen-bond acceptors (Lipinski definition) is 7. The third kappa shape index (κ3) is 2.19. The van der Waals surface area contributed by atoms with E-state index in [1.54, 1.807) is 0 Å². The number of nitrogens with zero attached hydrogens (tertiary/aromatic N) is 2. The molecule has 4 atom stereocenters. The minimum atomic E-state index is -1.53. The summed E-state index contributed by atoms with van der Waals surface area (Å²) in [6, 6.07) is 1.40. The number of thioether (sulfide) groups is 1. The smallest absolute Gasteiger partial charge is 0.338 e. The number of β-lactam (4-membered cyclic amide) rings is 1. The van der Waals surface area contributed by atoms with Crippen LogP contribution in [-0.2, 0) is 19.1 Å². The molecule has 2 aliphatic heterocycles. The third-order valence-electron chi connectivity index (χ3n) is 4.42. The van der Waals surface area contributed by atoms with E-state index in [1.165, 1.54) is 37.4 Å². The first-order valence-electron chi connectivity index (χ1n) is 7.26. The van der Waals surface area contributed by atoms with Crippen LogP contribution in [0.5, 0.6) is 0 Å². The number of aromatic nitrogens is 1. The highest BCUT2D eigenvalue weighted by molar-refractivity contribution is 8.02. The second-order valence-electron chi connectivity index (χ2n) is 5.79. The van der Waals surface area contributed by atoms with Crippen molar-refractivity contribution < 1.29 is 29.3 Å². The Hall–Kier alpha value is -2.13. The van der Waals surface area contributed by atoms with Crippen molar-refractivity contribution in [3.63, 3.8) is 0 Å². The average molecular weight is 352 g/mol. The first kappa shape index (κ1) is 16.7. The predicted molar refractivity (Wildman–Crippen MR) is 83.2 cm³/mol. The summed E-state index contributed by atoms with van der Waals surface area (Å²) in [5.41, 5.74) is 0.298. The van der Waals surface area contributed by atoms with Crippen LogP contribution in [-0.4, -0.2) is 63.1 Å². The van der Waals surface area contributed by atoms with Gasteiger partial charge in [0.15, 0.2) is 4.75 Å². The summed E-state index contributed by atoms with van der Waals surface area (Å²) in [5, 5.41) is 19.2. The summed E-state index contributed by atoms with van der Waals surface area (Å²) in [6.45, 7) is 1.42. The van der Waals surface area contributed by atoms with E-state index in [2.05, 4.69) is 4.98 Å². The highest BCUT2D eigenvalue weighted by Crippen LogP contribution is 2.55. The van der Waals surface area contributed by atoms with Crippen LogP contribution in [0.2, 0.25) is 0 Å². The van der Waals surface area contributed by atoms with Gasteiger partial charge in [-0.05, 0) is 13.0 Å². The van der Waals surface area contributed by atoms with Gasteiger partial charge in [-0.15, -0.1) is 11.8 Å². The topological polar surface area (TPSA) is 117 Å². The van der Waals surface area contributed by atoms with Crippen molar-refractivity contribution >= 4 is 29.6 Å². The van der Waals surface area contributed by atoms with Gasteiger partial charge in [0.2, 0.25) is 5.91 Å². The number of rotatable bonds is 4. The van der Waals surface area contributed by atoms with Gasteiger partial charge in [-0.25, -0.2) is 4.79 Å². The van der Waals surface area contributed by atoms with E-state index in [4.69, 9.17) is 4.74 Å². The molecule has 3 heterocycles. The van der Waals surface area contributed by atoms with Crippen LogP contribution >= 0.6 is 11.8 Å². The molecule has 8 nitrogen and oxygen atoms in total. The Morgan fingerprint density at radius 3 is 2.83 bits per heavy atom. The molecule has 0 bridgehead atoms. The van der Waals surface area contributed by atoms with Crippen molar-refractivity contribution in [1.29, 1.82) is 0 Å². The van der Waals surface area contributed by atoms with Gasteiger partial charge in [0.1, 0.15) is 0 Å². The van der Waals surface area contributed by atoms with Crippen LogP contribution in [0.1, 0.15) is 22.8 Å². The summed E-state index contributed by atoms with van der Waals surface area (Å²) in [6.07, 6.45) is 1.83. The zero-order valence-electron chi connectivity index (χ0n) is 13.0. The lowest BCUT2D eigenvalue weighted by Gasteiger charge is -2.42. The average Bonchev–Trinajstić information content (AvgIpc) is 2.90. The standard InChI is InChI=1S/C15H16N2O6S/c1-7(18)10-11(19)17-6-15(14(21)22,24-12(10)17)9-5-16-4-3-8(9)13(20)23-2/h3-5,7,10,12,18H,6H2,1-2H3,(H,21,22)/t7-,10+,12-,15?/m1/s1. The number of pyridine rings is 1. The molecule has 3 rings (SSSR count). The molecule has 2 N–H and O–H groups in total. The lowest BCUT2D eigenvalue weighted by molar-refractivity contribution is -0.156. The van der Waals surface area contributed by atoms with Crippen LogP contribution in [0.25, 0.3) is 0 Å². The molecule has 0 aromatic carbocycles. The van der Waals surface area contributed by atoms with E-state index in [0.29, 0.717) is 0 Å². The first-order valence-corrected chi connectivity index (χ1v) is 8.14. The van der Waals surface area contributed by atoms with Crippen LogP contribution in [0, 0.1) is 5.92 Å². The number of esters is 1. The third-order valence-corrected chi connectivity index (χ3v) is 6.14. The van der Waals surface area contributed by atoms with Gasteiger partial charge in [0.05, 0.1) is 36.6 Å². The molecule has 2 fully saturated rings. The number of aliphatic hydroxyl groups excluding tert-OH is 1. The Bertz CT molecular complexity index is 724. The molecule has 1 aromatic heterocycles. The number of methoxy groups -OCH3 is 1. The normalized spacial score (nSPS) is 29.6. The van der Waals surface area contributed by atoms with Gasteiger partial charge >= 0.3 is 11.9 Å². The van der Waals surface area contributed by atoms with Crippen molar-refractivity contribution in [3.05, 3.63) is 29.6 Å². The van der Waals surface area contributed by atoms with Gasteiger partial charge in [-0.3, -0.25) is 14.6 Å². The fraction of sp³-hybridized carbons (Fsp3) is 0.467. The molecule has 1 amide bonds. The maximum Gasteiger partial charge on any atom is 0.338 e. The van der Waals surface area contributed by atoms with Crippen LogP contribution in [0.15, 0.2) is 18.5 Å². The first-order chi connectivity index (χ1) is 11.3. The largest absolute Gasteiger partial charge is 0.480 e. The number of hydrogen-bond donors (Lipinski definition) is 2. The highest BCUT2D eigenvalue weighted by Gasteiger charge is 2.64. The Balaban J connectivity index is 2.06. The highest BCUT2D eigenvalue weighted by atomic mass is 32.2. The Kier molecular flexibility index (Phi) is 4.00. The molecule has 1 unspecified atom stereocenters. The monoisotopic (exact) mass is 352 g/mol. The minimum absolute atomic E-state index is 0.0879. The Labute approximate surface area is 141 Å². The number of ether oxygens (including phenoxy) is 1. The van der Waals surface area contributed by atoms with Gasteiger partial charge in [0, 0.05) is 18.0 Å². The molecule has 128 valence electrons. The number of aliphatic hydroxyl groups is 1. The number of carbonyl (C=O) groups is 3. The van der Waals surface area contributed by atoms with Crippen molar-refractivity contribution in [3.8, 4) is 0 Å². The number of fused-ring (bicyclic) bond motifs is 1. The molecule has 1 aromatic rings. The Morgan fingerprint density at radius 2 is 2.25 bits per heavy atom. The van der Waals surface area contributed by atoms with Crippen LogP contribution in [0.4, 0.5) is 0 Å². The van der Waals surface area contributed by atoms with E-state index < -0.39 is 34.1 Å². The van der Waals surface area contributed by atoms with Gasteiger partial charge in [0.25, 0.3) is 0 Å². The zero-order chi connectivity index (χ0) is 17.6. The van der Waals surface area contributed by atoms with Crippen LogP contribution in [0.3, 0.4) is 0 Å². The summed E-state index contributed by atoms with van der Waals surface area (Å²) in [7, 11) is 1.21. The molecule has 0 saturated carbocycles. The Morgan fingerprint density at radius 1 is 1.54 bits per heavy atom. The van der Waals surface area contributed by atoms with Crippen molar-refractivity contribution in [2.75, 3.05) is 13.7 Å². The summed E-state index contributed by atoms with van der Waals surface area (Å²) < 4.78 is 3.20. The summed E-state index contributed by atoms with van der Waals surface area (Å²) in [5.74, 6) is -2.76. The van der Waals surface area contributed by atoms with E-state index in [0.717, 1.165) is 11.8 Å². The van der Waals surface area contributed by atoms with E-state index >= 15 is 0 Å². The van der Waals surface area contributed by atoms with Gasteiger partial charge in [-0.2, -0.15) is 0 Å². The number of amides is 1. The summed E-state index contributed by atoms with van der Waals surface area (Å²) >= 11 is 1.05. The molecule has 24 heavy (non-hydrogen) atoms. The number of aliphatic carboxylic acids is 1. The predicted octanol–water partition coefficient (Wildman–Crippen LogP) is 0.0602. The molecular weight excluding hydrogens is 336 g/mol. The van der Waals surface area contributed by atoms with Crippen LogP contribution < -0.4 is 0 Å². The SMILES string of the molecule is COC(=O)c1ccncc1C1(C(=O)O)CN2C(=O)[C@H]([C@@H](C)O)[C@H]2S1. The second kappa shape index (κ2) is 5.75. The minimum Gasteiger partial charge on any atom is -0.480 e. The number of carbonyl (C=O) groups excluding carboxylic acids is 2. The second-order valence-corrected chi connectivity index (χ2v) is 7.20.